The van der Waals surface area contributed by atoms with Crippen LogP contribution >= 0.6 is 0 Å². The first-order valence-electron chi connectivity index (χ1n) is 10.2. The zero-order valence-electron chi connectivity index (χ0n) is 18.4. The maximum absolute atomic E-state index is 13.2. The number of nitrogens with zero attached hydrogens (tertiary/aromatic N) is 1. The molecule has 1 aromatic heterocycles. The van der Waals surface area contributed by atoms with Gasteiger partial charge in [-0.2, -0.15) is 0 Å². The number of nitrogens with one attached hydrogen (secondary N) is 1. The minimum absolute atomic E-state index is 0.344. The van der Waals surface area contributed by atoms with Gasteiger partial charge in [-0.3, -0.25) is 9.59 Å². The van der Waals surface area contributed by atoms with Crippen LogP contribution in [-0.2, 0) is 9.53 Å². The number of amides is 1. The lowest BCUT2D eigenvalue weighted by Gasteiger charge is -2.13. The molecule has 1 unspecified atom stereocenters. The van der Waals surface area contributed by atoms with Crippen LogP contribution in [0.1, 0.15) is 44.6 Å². The number of ketones is 1. The molecule has 2 aromatic carbocycles. The van der Waals surface area contributed by atoms with Crippen LogP contribution < -0.4 is 5.32 Å². The number of esters is 1. The molecule has 1 N–H and O–H groups in total. The van der Waals surface area contributed by atoms with E-state index in [1.165, 1.54) is 19.1 Å². The molecule has 3 rings (SSSR count). The smallest absolute Gasteiger partial charge is 0.328 e. The summed E-state index contributed by atoms with van der Waals surface area (Å²) < 4.78 is 20.2. The number of benzene rings is 2. The number of Topliss-reactive ketones (excluding diaryl/α,β-unsaturated/α-hetero) is 1. The maximum Gasteiger partial charge on any atom is 0.328 e. The number of carbonyl (C=O) groups is 3. The van der Waals surface area contributed by atoms with Gasteiger partial charge in [-0.25, -0.2) is 9.18 Å². The summed E-state index contributed by atoms with van der Waals surface area (Å²) in [5.74, 6) is -1.81. The van der Waals surface area contributed by atoms with Crippen molar-refractivity contribution in [1.29, 1.82) is 0 Å². The molecule has 1 amide bonds. The molecule has 166 valence electrons. The number of hydrogen-bond donors (Lipinski definition) is 1. The first kappa shape index (κ1) is 22.9. The zero-order valence-corrected chi connectivity index (χ0v) is 18.4. The fourth-order valence-electron chi connectivity index (χ4n) is 3.50. The Balaban J connectivity index is 1.63. The van der Waals surface area contributed by atoms with E-state index in [9.17, 15) is 18.8 Å². The van der Waals surface area contributed by atoms with Gasteiger partial charge < -0.3 is 14.6 Å². The van der Waals surface area contributed by atoms with E-state index >= 15 is 0 Å². The molecular formula is C25H25FN2O4. The van der Waals surface area contributed by atoms with E-state index in [1.807, 2.05) is 24.5 Å². The highest BCUT2D eigenvalue weighted by Crippen LogP contribution is 2.21. The number of hydrogen-bond acceptors (Lipinski definition) is 4. The van der Waals surface area contributed by atoms with Crippen LogP contribution in [0.5, 0.6) is 0 Å². The molecule has 0 radical (unpaired) electrons. The van der Waals surface area contributed by atoms with Gasteiger partial charge in [0.25, 0.3) is 5.91 Å². The standard InChI is InChI=1S/C25H25FN2O4/c1-15-6-5-7-19(12-15)24(30)27-17(3)25(31)32-14-23(29)22-13-16(2)28(18(22)4)21-10-8-20(26)9-11-21/h5-13,17H,14H2,1-4H3,(H,27,30). The topological polar surface area (TPSA) is 77.4 Å². The molecule has 6 nitrogen and oxygen atoms in total. The lowest BCUT2D eigenvalue weighted by atomic mass is 10.1. The Labute approximate surface area is 186 Å². The normalized spacial score (nSPS) is 11.7. The van der Waals surface area contributed by atoms with Gasteiger partial charge in [-0.1, -0.05) is 17.7 Å². The third-order valence-electron chi connectivity index (χ3n) is 5.14. The number of carbonyl (C=O) groups excluding carboxylic acids is 3. The van der Waals surface area contributed by atoms with E-state index < -0.39 is 24.5 Å². The molecule has 1 atom stereocenters. The Hall–Kier alpha value is -3.74. The van der Waals surface area contributed by atoms with Crippen molar-refractivity contribution >= 4 is 17.7 Å². The average Bonchev–Trinajstić information content (AvgIpc) is 3.06. The lowest BCUT2D eigenvalue weighted by Crippen LogP contribution is -2.40. The number of rotatable bonds is 7. The summed E-state index contributed by atoms with van der Waals surface area (Å²) in [4.78, 5) is 37.3. The van der Waals surface area contributed by atoms with E-state index in [-0.39, 0.29) is 11.6 Å². The number of aromatic nitrogens is 1. The van der Waals surface area contributed by atoms with Crippen LogP contribution in [0.4, 0.5) is 4.39 Å². The van der Waals surface area contributed by atoms with E-state index in [0.29, 0.717) is 16.8 Å². The minimum Gasteiger partial charge on any atom is -0.456 e. The summed E-state index contributed by atoms with van der Waals surface area (Å²) in [6, 6.07) is 13.7. The van der Waals surface area contributed by atoms with Crippen molar-refractivity contribution in [3.05, 3.63) is 88.5 Å². The predicted molar refractivity (Wildman–Crippen MR) is 119 cm³/mol. The lowest BCUT2D eigenvalue weighted by molar-refractivity contribution is -0.144. The maximum atomic E-state index is 13.2. The van der Waals surface area contributed by atoms with Gasteiger partial charge in [0.15, 0.2) is 6.61 Å². The summed E-state index contributed by atoms with van der Waals surface area (Å²) in [6.45, 7) is 6.53. The summed E-state index contributed by atoms with van der Waals surface area (Å²) in [5.41, 5.74) is 3.96. The fourth-order valence-corrected chi connectivity index (χ4v) is 3.50. The molecule has 0 aliphatic heterocycles. The molecule has 0 saturated carbocycles. The minimum atomic E-state index is -0.914. The van der Waals surface area contributed by atoms with Crippen LogP contribution in [0.15, 0.2) is 54.6 Å². The summed E-state index contributed by atoms with van der Waals surface area (Å²) in [5, 5.41) is 2.58. The van der Waals surface area contributed by atoms with Crippen molar-refractivity contribution in [2.45, 2.75) is 33.7 Å². The first-order valence-corrected chi connectivity index (χ1v) is 10.2. The van der Waals surface area contributed by atoms with Crippen LogP contribution in [0, 0.1) is 26.6 Å². The SMILES string of the molecule is Cc1cccc(C(=O)NC(C)C(=O)OCC(=O)c2cc(C)n(-c3ccc(F)cc3)c2C)c1. The zero-order chi connectivity index (χ0) is 23.4. The second-order valence-electron chi connectivity index (χ2n) is 7.69. The number of aryl methyl sites for hydroxylation is 2. The van der Waals surface area contributed by atoms with Crippen LogP contribution in [0.2, 0.25) is 0 Å². The third kappa shape index (κ3) is 5.11. The molecule has 0 aliphatic rings. The highest BCUT2D eigenvalue weighted by atomic mass is 19.1. The van der Waals surface area contributed by atoms with E-state index in [2.05, 4.69) is 5.32 Å². The van der Waals surface area contributed by atoms with E-state index in [1.54, 1.807) is 43.3 Å². The third-order valence-corrected chi connectivity index (χ3v) is 5.14. The second-order valence-corrected chi connectivity index (χ2v) is 7.69. The molecule has 32 heavy (non-hydrogen) atoms. The summed E-state index contributed by atoms with van der Waals surface area (Å²) >= 11 is 0. The van der Waals surface area contributed by atoms with Gasteiger partial charge >= 0.3 is 5.97 Å². The molecule has 7 heteroatoms. The van der Waals surface area contributed by atoms with Crippen LogP contribution in [-0.4, -0.2) is 34.9 Å². The molecule has 1 heterocycles. The highest BCUT2D eigenvalue weighted by molar-refractivity contribution is 6.00. The van der Waals surface area contributed by atoms with Gasteiger partial charge in [-0.05, 0) is 70.2 Å². The summed E-state index contributed by atoms with van der Waals surface area (Å²) in [7, 11) is 0. The van der Waals surface area contributed by atoms with Gasteiger partial charge in [0, 0.05) is 28.2 Å². The summed E-state index contributed by atoms with van der Waals surface area (Å²) in [6.07, 6.45) is 0. The molecule has 0 saturated heterocycles. The molecule has 0 spiro atoms. The highest BCUT2D eigenvalue weighted by Gasteiger charge is 2.22. The fraction of sp³-hybridized carbons (Fsp3) is 0.240. The van der Waals surface area contributed by atoms with Crippen molar-refractivity contribution in [2.24, 2.45) is 0 Å². The van der Waals surface area contributed by atoms with E-state index in [0.717, 1.165) is 16.9 Å². The van der Waals surface area contributed by atoms with Gasteiger partial charge in [0.1, 0.15) is 11.9 Å². The monoisotopic (exact) mass is 436 g/mol. The Morgan fingerprint density at radius 1 is 1.03 bits per heavy atom. The van der Waals surface area contributed by atoms with Crippen molar-refractivity contribution in [2.75, 3.05) is 6.61 Å². The molecule has 0 aliphatic carbocycles. The van der Waals surface area contributed by atoms with Crippen molar-refractivity contribution in [1.82, 2.24) is 9.88 Å². The van der Waals surface area contributed by atoms with Crippen molar-refractivity contribution in [3.8, 4) is 5.69 Å². The van der Waals surface area contributed by atoms with Gasteiger partial charge in [0.05, 0.1) is 0 Å². The predicted octanol–water partition coefficient (Wildman–Crippen LogP) is 4.09. The van der Waals surface area contributed by atoms with Gasteiger partial charge in [0.2, 0.25) is 5.78 Å². The molecule has 0 fully saturated rings. The Morgan fingerprint density at radius 2 is 1.72 bits per heavy atom. The number of ether oxygens (including phenoxy) is 1. The average molecular weight is 436 g/mol. The molecule has 3 aromatic rings. The molecule has 0 bridgehead atoms. The Bertz CT molecular complexity index is 1170. The van der Waals surface area contributed by atoms with Crippen molar-refractivity contribution in [3.63, 3.8) is 0 Å². The first-order chi connectivity index (χ1) is 15.2. The van der Waals surface area contributed by atoms with Crippen LogP contribution in [0.25, 0.3) is 5.69 Å². The van der Waals surface area contributed by atoms with Crippen LogP contribution in [0.3, 0.4) is 0 Å². The van der Waals surface area contributed by atoms with E-state index in [4.69, 9.17) is 4.74 Å². The number of halogens is 1. The quantitative estimate of drug-likeness (QED) is 0.447. The Kier molecular flexibility index (Phi) is 6.88. The Morgan fingerprint density at radius 3 is 2.38 bits per heavy atom. The van der Waals surface area contributed by atoms with Gasteiger partial charge in [-0.15, -0.1) is 0 Å². The van der Waals surface area contributed by atoms with Crippen molar-refractivity contribution < 1.29 is 23.5 Å². The second kappa shape index (κ2) is 9.60. The largest absolute Gasteiger partial charge is 0.456 e. The molecular weight excluding hydrogens is 411 g/mol.